The van der Waals surface area contributed by atoms with E-state index < -0.39 is 0 Å². The molecule has 0 aromatic carbocycles. The van der Waals surface area contributed by atoms with Crippen LogP contribution < -0.4 is 0 Å². The van der Waals surface area contributed by atoms with Crippen LogP contribution in [0.4, 0.5) is 0 Å². The fourth-order valence-corrected chi connectivity index (χ4v) is 0.665. The van der Waals surface area contributed by atoms with Gasteiger partial charge in [0.25, 0.3) is 0 Å². The number of nitriles is 1. The lowest BCUT2D eigenvalue weighted by Gasteiger charge is -2.20. The van der Waals surface area contributed by atoms with Gasteiger partial charge in [0.2, 0.25) is 0 Å². The maximum absolute atomic E-state index is 8.63. The number of hydrogen-bond acceptors (Lipinski definition) is 3. The third kappa shape index (κ3) is 3.44. The Hall–Kier alpha value is -0.590. The SMILES string of the molecule is CN(C)C[C@H](C#N)N(C)C. The Morgan fingerprint density at radius 2 is 1.80 bits per heavy atom. The van der Waals surface area contributed by atoms with Gasteiger partial charge in [0.05, 0.1) is 6.07 Å². The van der Waals surface area contributed by atoms with E-state index in [2.05, 4.69) is 6.07 Å². The van der Waals surface area contributed by atoms with E-state index >= 15 is 0 Å². The Labute approximate surface area is 62.8 Å². The minimum absolute atomic E-state index is 0.00926. The average Bonchev–Trinajstić information content (AvgIpc) is 1.81. The lowest BCUT2D eigenvalue weighted by molar-refractivity contribution is 0.272. The van der Waals surface area contributed by atoms with Crippen molar-refractivity contribution in [2.24, 2.45) is 0 Å². The molecule has 0 saturated carbocycles. The van der Waals surface area contributed by atoms with Crippen molar-refractivity contribution in [1.29, 1.82) is 5.26 Å². The first-order chi connectivity index (χ1) is 4.57. The van der Waals surface area contributed by atoms with E-state index in [1.165, 1.54) is 0 Å². The first-order valence-corrected chi connectivity index (χ1v) is 3.28. The molecule has 3 nitrogen and oxygen atoms in total. The molecule has 1 atom stereocenters. The van der Waals surface area contributed by atoms with Gasteiger partial charge in [-0.05, 0) is 28.2 Å². The van der Waals surface area contributed by atoms with Crippen LogP contribution in [0.15, 0.2) is 0 Å². The fraction of sp³-hybridized carbons (Fsp3) is 0.857. The molecule has 0 bridgehead atoms. The molecular weight excluding hydrogens is 126 g/mol. The quantitative estimate of drug-likeness (QED) is 0.554. The highest BCUT2D eigenvalue weighted by molar-refractivity contribution is 4.90. The Morgan fingerprint density at radius 3 is 1.90 bits per heavy atom. The van der Waals surface area contributed by atoms with Crippen molar-refractivity contribution in [3.8, 4) is 6.07 Å². The summed E-state index contributed by atoms with van der Waals surface area (Å²) >= 11 is 0. The van der Waals surface area contributed by atoms with E-state index in [0.29, 0.717) is 0 Å². The van der Waals surface area contributed by atoms with Crippen LogP contribution in [-0.2, 0) is 0 Å². The van der Waals surface area contributed by atoms with Crippen molar-refractivity contribution in [2.45, 2.75) is 6.04 Å². The molecule has 0 fully saturated rings. The Balaban J connectivity index is 3.75. The van der Waals surface area contributed by atoms with Gasteiger partial charge in [-0.25, -0.2) is 0 Å². The number of nitrogens with zero attached hydrogens (tertiary/aromatic N) is 3. The summed E-state index contributed by atoms with van der Waals surface area (Å²) in [6, 6.07) is 2.23. The van der Waals surface area contributed by atoms with Crippen LogP contribution in [0.25, 0.3) is 0 Å². The molecule has 58 valence electrons. The van der Waals surface area contributed by atoms with Gasteiger partial charge in [0.15, 0.2) is 0 Å². The largest absolute Gasteiger partial charge is 0.307 e. The van der Waals surface area contributed by atoms with Gasteiger partial charge < -0.3 is 4.90 Å². The third-order valence-electron chi connectivity index (χ3n) is 1.31. The smallest absolute Gasteiger partial charge is 0.110 e. The molecule has 0 amide bonds. The molecule has 0 aromatic heterocycles. The molecule has 0 spiro atoms. The summed E-state index contributed by atoms with van der Waals surface area (Å²) in [7, 11) is 7.76. The van der Waals surface area contributed by atoms with E-state index in [-0.39, 0.29) is 6.04 Å². The zero-order valence-electron chi connectivity index (χ0n) is 7.13. The van der Waals surface area contributed by atoms with E-state index in [4.69, 9.17) is 5.26 Å². The average molecular weight is 141 g/mol. The predicted octanol–water partition coefficient (Wildman–Crippen LogP) is 0.00178. The van der Waals surface area contributed by atoms with Crippen LogP contribution >= 0.6 is 0 Å². The van der Waals surface area contributed by atoms with Gasteiger partial charge in [-0.1, -0.05) is 0 Å². The van der Waals surface area contributed by atoms with Gasteiger partial charge >= 0.3 is 0 Å². The van der Waals surface area contributed by atoms with Crippen molar-refractivity contribution in [2.75, 3.05) is 34.7 Å². The van der Waals surface area contributed by atoms with Crippen LogP contribution in [-0.4, -0.2) is 50.6 Å². The van der Waals surface area contributed by atoms with Crippen LogP contribution in [0.2, 0.25) is 0 Å². The van der Waals surface area contributed by atoms with Crippen LogP contribution in [0.3, 0.4) is 0 Å². The predicted molar refractivity (Wildman–Crippen MR) is 41.6 cm³/mol. The molecule has 0 radical (unpaired) electrons. The summed E-state index contributed by atoms with van der Waals surface area (Å²) in [5, 5.41) is 8.63. The van der Waals surface area contributed by atoms with Crippen LogP contribution in [0, 0.1) is 11.3 Å². The summed E-state index contributed by atoms with van der Waals surface area (Å²) < 4.78 is 0. The van der Waals surface area contributed by atoms with E-state index in [9.17, 15) is 0 Å². The monoisotopic (exact) mass is 141 g/mol. The van der Waals surface area contributed by atoms with E-state index in [0.717, 1.165) is 6.54 Å². The summed E-state index contributed by atoms with van der Waals surface area (Å²) in [5.74, 6) is 0. The van der Waals surface area contributed by atoms with E-state index in [1.807, 2.05) is 38.0 Å². The molecule has 0 unspecified atom stereocenters. The Bertz CT molecular complexity index is 123. The molecule has 3 heteroatoms. The molecule has 0 rings (SSSR count). The zero-order valence-corrected chi connectivity index (χ0v) is 7.13. The molecule has 0 aliphatic heterocycles. The van der Waals surface area contributed by atoms with Crippen molar-refractivity contribution in [1.82, 2.24) is 9.80 Å². The van der Waals surface area contributed by atoms with Crippen LogP contribution in [0.5, 0.6) is 0 Å². The minimum Gasteiger partial charge on any atom is -0.307 e. The maximum Gasteiger partial charge on any atom is 0.110 e. The fourth-order valence-electron chi connectivity index (χ4n) is 0.665. The highest BCUT2D eigenvalue weighted by Gasteiger charge is 2.09. The zero-order chi connectivity index (χ0) is 8.15. The molecule has 0 saturated heterocycles. The van der Waals surface area contributed by atoms with E-state index in [1.54, 1.807) is 0 Å². The van der Waals surface area contributed by atoms with Gasteiger partial charge in [0.1, 0.15) is 6.04 Å². The highest BCUT2D eigenvalue weighted by atomic mass is 15.2. The first kappa shape index (κ1) is 9.41. The van der Waals surface area contributed by atoms with Crippen molar-refractivity contribution in [3.63, 3.8) is 0 Å². The van der Waals surface area contributed by atoms with Crippen molar-refractivity contribution >= 4 is 0 Å². The molecule has 10 heavy (non-hydrogen) atoms. The minimum atomic E-state index is 0.00926. The number of likely N-dealkylation sites (N-methyl/N-ethyl adjacent to an activating group) is 2. The summed E-state index contributed by atoms with van der Waals surface area (Å²) in [6.07, 6.45) is 0. The second-order valence-corrected chi connectivity index (χ2v) is 2.87. The first-order valence-electron chi connectivity index (χ1n) is 3.28. The lowest BCUT2D eigenvalue weighted by atomic mass is 10.3. The Kier molecular flexibility index (Phi) is 4.01. The maximum atomic E-state index is 8.63. The lowest BCUT2D eigenvalue weighted by Crippen LogP contribution is -2.36. The van der Waals surface area contributed by atoms with Crippen LogP contribution in [0.1, 0.15) is 0 Å². The van der Waals surface area contributed by atoms with Gasteiger partial charge in [-0.3, -0.25) is 4.90 Å². The normalized spacial score (nSPS) is 13.7. The second kappa shape index (κ2) is 4.26. The molecule has 0 N–H and O–H groups in total. The molecular formula is C7H15N3. The van der Waals surface area contributed by atoms with Gasteiger partial charge in [0, 0.05) is 6.54 Å². The third-order valence-corrected chi connectivity index (χ3v) is 1.31. The number of rotatable bonds is 3. The molecule has 0 heterocycles. The highest BCUT2D eigenvalue weighted by Crippen LogP contribution is 1.91. The molecule has 0 aromatic rings. The molecule has 0 aliphatic rings. The summed E-state index contributed by atoms with van der Waals surface area (Å²) in [5.41, 5.74) is 0. The summed E-state index contributed by atoms with van der Waals surface area (Å²) in [4.78, 5) is 3.92. The molecule has 0 aliphatic carbocycles. The van der Waals surface area contributed by atoms with Crippen molar-refractivity contribution < 1.29 is 0 Å². The number of hydrogen-bond donors (Lipinski definition) is 0. The van der Waals surface area contributed by atoms with Crippen molar-refractivity contribution in [3.05, 3.63) is 0 Å². The Morgan fingerprint density at radius 1 is 1.30 bits per heavy atom. The standard InChI is InChI=1S/C7H15N3/c1-9(2)6-7(5-8)10(3)4/h7H,6H2,1-4H3/t7-/m0/s1. The second-order valence-electron chi connectivity index (χ2n) is 2.87. The van der Waals surface area contributed by atoms with Gasteiger partial charge in [-0.2, -0.15) is 5.26 Å². The van der Waals surface area contributed by atoms with Gasteiger partial charge in [-0.15, -0.1) is 0 Å². The topological polar surface area (TPSA) is 30.3 Å². The summed E-state index contributed by atoms with van der Waals surface area (Å²) in [6.45, 7) is 0.795.